The van der Waals surface area contributed by atoms with E-state index < -0.39 is 12.1 Å². The van der Waals surface area contributed by atoms with E-state index >= 15 is 0 Å². The summed E-state index contributed by atoms with van der Waals surface area (Å²) in [4.78, 5) is 11.4. The van der Waals surface area contributed by atoms with Crippen LogP contribution in [0.25, 0.3) is 0 Å². The Morgan fingerprint density at radius 1 is 1.80 bits per heavy atom. The van der Waals surface area contributed by atoms with E-state index in [1.165, 1.54) is 4.68 Å². The minimum Gasteiger partial charge on any atom is -0.461 e. The van der Waals surface area contributed by atoms with Gasteiger partial charge in [-0.25, -0.2) is 4.79 Å². The molecule has 1 aromatic rings. The van der Waals surface area contributed by atoms with Gasteiger partial charge in [-0.05, 0) is 6.92 Å². The summed E-state index contributed by atoms with van der Waals surface area (Å²) in [5.41, 5.74) is 5.84. The molecule has 0 aliphatic rings. The van der Waals surface area contributed by atoms with E-state index in [1.54, 1.807) is 20.2 Å². The molecule has 6 nitrogen and oxygen atoms in total. The molecular formula is C9H15N3O3. The molecule has 3 N–H and O–H groups in total. The van der Waals surface area contributed by atoms with Crippen molar-refractivity contribution >= 4 is 5.97 Å². The van der Waals surface area contributed by atoms with E-state index in [0.717, 1.165) is 0 Å². The average molecular weight is 213 g/mol. The number of nitrogens with two attached hydrogens (primary N) is 1. The first-order valence-corrected chi connectivity index (χ1v) is 4.69. The minimum absolute atomic E-state index is 0.0398. The van der Waals surface area contributed by atoms with Crippen LogP contribution in [-0.4, -0.2) is 34.0 Å². The summed E-state index contributed by atoms with van der Waals surface area (Å²) in [5.74, 6) is -0.541. The second-order valence-corrected chi connectivity index (χ2v) is 3.08. The highest BCUT2D eigenvalue weighted by molar-refractivity contribution is 5.88. The van der Waals surface area contributed by atoms with Crippen molar-refractivity contribution in [1.82, 2.24) is 9.78 Å². The minimum atomic E-state index is -0.891. The van der Waals surface area contributed by atoms with Crippen molar-refractivity contribution in [1.29, 1.82) is 0 Å². The number of aryl methyl sites for hydroxylation is 1. The molecule has 15 heavy (non-hydrogen) atoms. The molecule has 1 atom stereocenters. The number of hydrogen-bond acceptors (Lipinski definition) is 5. The highest BCUT2D eigenvalue weighted by Crippen LogP contribution is 2.16. The van der Waals surface area contributed by atoms with Gasteiger partial charge in [-0.2, -0.15) is 5.10 Å². The van der Waals surface area contributed by atoms with Crippen LogP contribution < -0.4 is 5.73 Å². The second kappa shape index (κ2) is 4.90. The lowest BCUT2D eigenvalue weighted by atomic mass is 10.1. The molecule has 1 rings (SSSR count). The van der Waals surface area contributed by atoms with Crippen molar-refractivity contribution in [3.8, 4) is 0 Å². The number of carbonyl (C=O) groups excluding carboxylic acids is 1. The fourth-order valence-corrected chi connectivity index (χ4v) is 1.24. The van der Waals surface area contributed by atoms with Crippen LogP contribution in [0.5, 0.6) is 0 Å². The maximum absolute atomic E-state index is 11.4. The zero-order valence-electron chi connectivity index (χ0n) is 8.80. The zero-order valence-corrected chi connectivity index (χ0v) is 8.80. The zero-order chi connectivity index (χ0) is 11.4. The molecule has 0 unspecified atom stereocenters. The summed E-state index contributed by atoms with van der Waals surface area (Å²) < 4.78 is 6.25. The summed E-state index contributed by atoms with van der Waals surface area (Å²) in [7, 11) is 1.66. The van der Waals surface area contributed by atoms with Crippen molar-refractivity contribution in [2.45, 2.75) is 13.0 Å². The first kappa shape index (κ1) is 11.7. The van der Waals surface area contributed by atoms with Crippen molar-refractivity contribution < 1.29 is 14.6 Å². The third-order valence-corrected chi connectivity index (χ3v) is 1.91. The van der Waals surface area contributed by atoms with Crippen LogP contribution in [0.4, 0.5) is 0 Å². The summed E-state index contributed by atoms with van der Waals surface area (Å²) in [6.07, 6.45) is 0.669. The molecule has 0 aromatic carbocycles. The summed E-state index contributed by atoms with van der Waals surface area (Å²) in [6.45, 7) is 2.02. The summed E-state index contributed by atoms with van der Waals surface area (Å²) >= 11 is 0. The molecule has 0 radical (unpaired) electrons. The predicted octanol–water partition coefficient (Wildman–Crippen LogP) is -0.411. The molecule has 0 aliphatic carbocycles. The van der Waals surface area contributed by atoms with E-state index in [-0.39, 0.29) is 18.8 Å². The number of hydrogen-bond donors (Lipinski definition) is 2. The lowest BCUT2D eigenvalue weighted by Crippen LogP contribution is -2.15. The predicted molar refractivity (Wildman–Crippen MR) is 53.2 cm³/mol. The Morgan fingerprint density at radius 3 is 3.00 bits per heavy atom. The van der Waals surface area contributed by atoms with Gasteiger partial charge < -0.3 is 15.6 Å². The van der Waals surface area contributed by atoms with Crippen molar-refractivity contribution in [3.63, 3.8) is 0 Å². The molecule has 0 aliphatic heterocycles. The van der Waals surface area contributed by atoms with Crippen LogP contribution in [0.3, 0.4) is 0 Å². The molecule has 0 saturated heterocycles. The van der Waals surface area contributed by atoms with E-state index in [2.05, 4.69) is 5.10 Å². The highest BCUT2D eigenvalue weighted by atomic mass is 16.5. The lowest BCUT2D eigenvalue weighted by Gasteiger charge is -2.06. The van der Waals surface area contributed by atoms with Crippen LogP contribution in [0.15, 0.2) is 6.20 Å². The Labute approximate surface area is 87.6 Å². The quantitative estimate of drug-likeness (QED) is 0.663. The molecule has 0 saturated carbocycles. The van der Waals surface area contributed by atoms with E-state index in [1.807, 2.05) is 0 Å². The largest absolute Gasteiger partial charge is 0.461 e. The van der Waals surface area contributed by atoms with Crippen LogP contribution in [-0.2, 0) is 11.8 Å². The molecule has 0 spiro atoms. The first-order valence-electron chi connectivity index (χ1n) is 4.69. The van der Waals surface area contributed by atoms with Gasteiger partial charge in [0.1, 0.15) is 0 Å². The normalized spacial score (nSPS) is 12.5. The molecular weight excluding hydrogens is 198 g/mol. The number of aliphatic hydroxyl groups is 1. The van der Waals surface area contributed by atoms with E-state index in [9.17, 15) is 9.90 Å². The fraction of sp³-hybridized carbons (Fsp3) is 0.556. The van der Waals surface area contributed by atoms with Crippen LogP contribution in [0, 0.1) is 0 Å². The van der Waals surface area contributed by atoms with Crippen molar-refractivity contribution in [3.05, 3.63) is 17.5 Å². The SMILES string of the molecule is CCOC(=O)c1nn(C)cc1[C@@H](O)CN. The van der Waals surface area contributed by atoms with Gasteiger partial charge in [-0.3, -0.25) is 4.68 Å². The number of ether oxygens (including phenoxy) is 1. The maximum atomic E-state index is 11.4. The number of aromatic nitrogens is 2. The molecule has 0 bridgehead atoms. The van der Waals surface area contributed by atoms with Crippen LogP contribution in [0.1, 0.15) is 29.1 Å². The number of rotatable bonds is 4. The summed E-state index contributed by atoms with van der Waals surface area (Å²) in [6, 6.07) is 0. The Hall–Kier alpha value is -1.40. The Morgan fingerprint density at radius 2 is 2.47 bits per heavy atom. The number of aliphatic hydroxyl groups excluding tert-OH is 1. The average Bonchev–Trinajstić information content (AvgIpc) is 2.59. The van der Waals surface area contributed by atoms with Gasteiger partial charge in [0.15, 0.2) is 5.69 Å². The van der Waals surface area contributed by atoms with Gasteiger partial charge >= 0.3 is 5.97 Å². The van der Waals surface area contributed by atoms with E-state index in [0.29, 0.717) is 5.56 Å². The van der Waals surface area contributed by atoms with Crippen molar-refractivity contribution in [2.75, 3.05) is 13.2 Å². The van der Waals surface area contributed by atoms with Gasteiger partial charge in [0.25, 0.3) is 0 Å². The standard InChI is InChI=1S/C9H15N3O3/c1-3-15-9(14)8-6(7(13)4-10)5-12(2)11-8/h5,7,13H,3-4,10H2,1-2H3/t7-/m0/s1. The lowest BCUT2D eigenvalue weighted by molar-refractivity contribution is 0.0512. The number of nitrogens with zero attached hydrogens (tertiary/aromatic N) is 2. The molecule has 6 heteroatoms. The van der Waals surface area contributed by atoms with Gasteiger partial charge in [0.05, 0.1) is 12.7 Å². The van der Waals surface area contributed by atoms with Crippen LogP contribution >= 0.6 is 0 Å². The van der Waals surface area contributed by atoms with E-state index in [4.69, 9.17) is 10.5 Å². The van der Waals surface area contributed by atoms with Crippen LogP contribution in [0.2, 0.25) is 0 Å². The molecule has 0 fully saturated rings. The first-order chi connectivity index (χ1) is 7.10. The molecule has 84 valence electrons. The third-order valence-electron chi connectivity index (χ3n) is 1.91. The van der Waals surface area contributed by atoms with Crippen molar-refractivity contribution in [2.24, 2.45) is 12.8 Å². The smallest absolute Gasteiger partial charge is 0.359 e. The van der Waals surface area contributed by atoms with Gasteiger partial charge in [-0.15, -0.1) is 0 Å². The Kier molecular flexibility index (Phi) is 3.81. The second-order valence-electron chi connectivity index (χ2n) is 3.08. The molecule has 1 heterocycles. The Bertz CT molecular complexity index is 348. The molecule has 1 aromatic heterocycles. The van der Waals surface area contributed by atoms with Gasteiger partial charge in [0.2, 0.25) is 0 Å². The maximum Gasteiger partial charge on any atom is 0.359 e. The number of carbonyl (C=O) groups is 1. The van der Waals surface area contributed by atoms with Gasteiger partial charge in [0, 0.05) is 25.4 Å². The number of esters is 1. The topological polar surface area (TPSA) is 90.4 Å². The Balaban J connectivity index is 3.00. The molecule has 0 amide bonds. The highest BCUT2D eigenvalue weighted by Gasteiger charge is 2.21. The third kappa shape index (κ3) is 2.54. The summed E-state index contributed by atoms with van der Waals surface area (Å²) in [5, 5.41) is 13.5. The monoisotopic (exact) mass is 213 g/mol. The fourth-order valence-electron chi connectivity index (χ4n) is 1.24. The van der Waals surface area contributed by atoms with Gasteiger partial charge in [-0.1, -0.05) is 0 Å².